The van der Waals surface area contributed by atoms with Gasteiger partial charge in [-0.3, -0.25) is 0 Å². The Morgan fingerprint density at radius 1 is 0.419 bits per heavy atom. The fourth-order valence-corrected chi connectivity index (χ4v) is 8.16. The number of hydrogen-bond donors (Lipinski definition) is 0. The summed E-state index contributed by atoms with van der Waals surface area (Å²) in [5.41, 5.74) is 8.86. The highest BCUT2D eigenvalue weighted by atomic mass is 32.1. The van der Waals surface area contributed by atoms with Crippen LogP contribution in [0.5, 0.6) is 11.5 Å². The maximum absolute atomic E-state index is 6.56. The minimum absolute atomic E-state index is 0.895. The third-order valence-corrected chi connectivity index (χ3v) is 10.1. The van der Waals surface area contributed by atoms with Crippen molar-refractivity contribution in [3.63, 3.8) is 0 Å². The Kier molecular flexibility index (Phi) is 4.63. The summed E-state index contributed by atoms with van der Waals surface area (Å²) in [6.07, 6.45) is 0. The normalized spacial score (nSPS) is 12.4. The van der Waals surface area contributed by atoms with Crippen LogP contribution in [0.3, 0.4) is 0 Å². The predicted octanol–water partition coefficient (Wildman–Crippen LogP) is 12.2. The first kappa shape index (κ1) is 23.2. The lowest BCUT2D eigenvalue weighted by Gasteiger charge is -2.22. The third-order valence-electron chi connectivity index (χ3n) is 8.90. The zero-order chi connectivity index (χ0) is 28.1. The Bertz CT molecular complexity index is 2600. The first-order valence-electron chi connectivity index (χ1n) is 14.5. The van der Waals surface area contributed by atoms with E-state index in [4.69, 9.17) is 9.15 Å². The number of fused-ring (bicyclic) bond motifs is 8. The zero-order valence-corrected chi connectivity index (χ0v) is 23.7. The number of para-hydroxylation sites is 1. The summed E-state index contributed by atoms with van der Waals surface area (Å²) in [7, 11) is 0. The van der Waals surface area contributed by atoms with Gasteiger partial charge in [0.25, 0.3) is 0 Å². The fraction of sp³-hybridized carbons (Fsp3) is 0. The van der Waals surface area contributed by atoms with E-state index in [0.29, 0.717) is 0 Å². The highest BCUT2D eigenvalue weighted by Crippen LogP contribution is 2.49. The molecule has 0 saturated heterocycles. The summed E-state index contributed by atoms with van der Waals surface area (Å²) in [6.45, 7) is 0. The monoisotopic (exact) mass is 566 g/mol. The molecule has 0 spiro atoms. The summed E-state index contributed by atoms with van der Waals surface area (Å²) in [6, 6.07) is 47.6. The lowest BCUT2D eigenvalue weighted by Crippen LogP contribution is -1.97. The largest absolute Gasteiger partial charge is 0.456 e. The van der Waals surface area contributed by atoms with E-state index in [0.717, 1.165) is 50.0 Å². The predicted molar refractivity (Wildman–Crippen MR) is 180 cm³/mol. The number of ether oxygens (including phenoxy) is 1. The highest BCUT2D eigenvalue weighted by Gasteiger charge is 2.21. The van der Waals surface area contributed by atoms with E-state index in [1.807, 2.05) is 23.5 Å². The Morgan fingerprint density at radius 3 is 1.95 bits per heavy atom. The maximum Gasteiger partial charge on any atom is 0.136 e. The molecule has 0 amide bonds. The molecule has 3 heterocycles. The highest BCUT2D eigenvalue weighted by molar-refractivity contribution is 7.26. The van der Waals surface area contributed by atoms with E-state index in [2.05, 4.69) is 121 Å². The van der Waals surface area contributed by atoms with E-state index in [1.165, 1.54) is 47.8 Å². The summed E-state index contributed by atoms with van der Waals surface area (Å²) in [4.78, 5) is 0. The van der Waals surface area contributed by atoms with Crippen molar-refractivity contribution in [3.8, 4) is 44.9 Å². The minimum atomic E-state index is 0.895. The molecule has 0 unspecified atom stereocenters. The van der Waals surface area contributed by atoms with Gasteiger partial charge in [-0.25, -0.2) is 0 Å². The Morgan fingerprint density at radius 2 is 1.09 bits per heavy atom. The summed E-state index contributed by atoms with van der Waals surface area (Å²) in [5, 5.41) is 7.22. The fourth-order valence-electron chi connectivity index (χ4n) is 6.92. The van der Waals surface area contributed by atoms with Crippen molar-refractivity contribution in [1.29, 1.82) is 0 Å². The molecule has 1 aliphatic heterocycles. The van der Waals surface area contributed by atoms with Crippen molar-refractivity contribution in [2.24, 2.45) is 0 Å². The molecule has 43 heavy (non-hydrogen) atoms. The molecule has 1 aliphatic rings. The van der Waals surface area contributed by atoms with Gasteiger partial charge in [0.05, 0.1) is 0 Å². The first-order valence-corrected chi connectivity index (χ1v) is 15.3. The quantitative estimate of drug-likeness (QED) is 0.208. The summed E-state index contributed by atoms with van der Waals surface area (Å²) >= 11 is 1.86. The number of thiophene rings is 1. The molecule has 0 bridgehead atoms. The number of benzene rings is 7. The molecule has 9 aromatic rings. The Balaban J connectivity index is 1.12. The molecule has 0 aliphatic carbocycles. The molecular formula is C40H22O2S. The SMILES string of the molecule is c1ccc2c(c1)Oc1ccc(-c3ccc4c(c3)oc3cc(-c5cccc6c5sc5ccccc56)ccc34)c3cccc-2c13. The van der Waals surface area contributed by atoms with Crippen molar-refractivity contribution in [1.82, 2.24) is 0 Å². The lowest BCUT2D eigenvalue weighted by atomic mass is 9.90. The number of rotatable bonds is 2. The first-order chi connectivity index (χ1) is 21.3. The van der Waals surface area contributed by atoms with Crippen LogP contribution in [-0.4, -0.2) is 0 Å². The second-order valence-electron chi connectivity index (χ2n) is 11.2. The van der Waals surface area contributed by atoms with Gasteiger partial charge >= 0.3 is 0 Å². The molecule has 3 heteroatoms. The number of furan rings is 1. The molecule has 0 atom stereocenters. The van der Waals surface area contributed by atoms with Crippen LogP contribution in [0.2, 0.25) is 0 Å². The van der Waals surface area contributed by atoms with Gasteiger partial charge < -0.3 is 9.15 Å². The van der Waals surface area contributed by atoms with Gasteiger partial charge in [0.15, 0.2) is 0 Å². The molecule has 10 rings (SSSR count). The van der Waals surface area contributed by atoms with Crippen LogP contribution >= 0.6 is 11.3 Å². The van der Waals surface area contributed by atoms with Gasteiger partial charge in [-0.2, -0.15) is 0 Å². The van der Waals surface area contributed by atoms with E-state index < -0.39 is 0 Å². The van der Waals surface area contributed by atoms with E-state index in [-0.39, 0.29) is 0 Å². The van der Waals surface area contributed by atoms with Gasteiger partial charge in [0.2, 0.25) is 0 Å². The van der Waals surface area contributed by atoms with Crippen molar-refractivity contribution < 1.29 is 9.15 Å². The minimum Gasteiger partial charge on any atom is -0.456 e. The van der Waals surface area contributed by atoms with Crippen LogP contribution in [0, 0.1) is 0 Å². The third kappa shape index (κ3) is 3.28. The van der Waals surface area contributed by atoms with Crippen LogP contribution in [0.1, 0.15) is 0 Å². The molecule has 0 saturated carbocycles. The smallest absolute Gasteiger partial charge is 0.136 e. The molecule has 2 aromatic heterocycles. The van der Waals surface area contributed by atoms with Crippen LogP contribution in [-0.2, 0) is 0 Å². The summed E-state index contributed by atoms with van der Waals surface area (Å²) < 4.78 is 15.5. The molecular weight excluding hydrogens is 545 g/mol. The van der Waals surface area contributed by atoms with Gasteiger partial charge in [-0.1, -0.05) is 91.0 Å². The standard InChI is InChI=1S/C40H22O2S/c1-3-13-34-27(7-1)32-11-6-10-31-25(19-20-35(41-34)39(31)32)23-15-17-28-29-18-16-24(22-37(29)42-36(28)21-23)26-9-5-12-33-30-8-2-4-14-38(30)43-40(26)33/h1-22H. The van der Waals surface area contributed by atoms with Crippen molar-refractivity contribution >= 4 is 64.2 Å². The van der Waals surface area contributed by atoms with Crippen LogP contribution in [0.4, 0.5) is 0 Å². The molecule has 7 aromatic carbocycles. The van der Waals surface area contributed by atoms with Crippen LogP contribution < -0.4 is 4.74 Å². The average Bonchev–Trinajstić information content (AvgIpc) is 3.62. The lowest BCUT2D eigenvalue weighted by molar-refractivity contribution is 0.487. The zero-order valence-electron chi connectivity index (χ0n) is 22.9. The average molecular weight is 567 g/mol. The van der Waals surface area contributed by atoms with E-state index in [9.17, 15) is 0 Å². The number of hydrogen-bond acceptors (Lipinski definition) is 3. The molecule has 200 valence electrons. The van der Waals surface area contributed by atoms with Gasteiger partial charge in [-0.15, -0.1) is 11.3 Å². The summed E-state index contributed by atoms with van der Waals surface area (Å²) in [5.74, 6) is 1.81. The Hall–Kier alpha value is -5.38. The molecule has 0 fully saturated rings. The van der Waals surface area contributed by atoms with Crippen LogP contribution in [0.15, 0.2) is 138 Å². The molecule has 0 radical (unpaired) electrons. The van der Waals surface area contributed by atoms with Gasteiger partial charge in [0.1, 0.15) is 22.7 Å². The van der Waals surface area contributed by atoms with Crippen molar-refractivity contribution in [2.75, 3.05) is 0 Å². The van der Waals surface area contributed by atoms with Gasteiger partial charge in [-0.05, 0) is 75.7 Å². The molecule has 0 N–H and O–H groups in total. The van der Waals surface area contributed by atoms with E-state index in [1.54, 1.807) is 0 Å². The van der Waals surface area contributed by atoms with Crippen molar-refractivity contribution in [2.45, 2.75) is 0 Å². The van der Waals surface area contributed by atoms with Gasteiger partial charge in [0, 0.05) is 41.9 Å². The second-order valence-corrected chi connectivity index (χ2v) is 12.3. The van der Waals surface area contributed by atoms with Crippen LogP contribution in [0.25, 0.3) is 86.3 Å². The van der Waals surface area contributed by atoms with E-state index >= 15 is 0 Å². The van der Waals surface area contributed by atoms with Crippen molar-refractivity contribution in [3.05, 3.63) is 133 Å². The second kappa shape index (κ2) is 8.57. The Labute approximate surface area is 251 Å². The molecule has 2 nitrogen and oxygen atoms in total. The maximum atomic E-state index is 6.56. The topological polar surface area (TPSA) is 22.4 Å².